The van der Waals surface area contributed by atoms with Crippen LogP contribution in [0.25, 0.3) is 0 Å². The number of piperazine rings is 1. The lowest BCUT2D eigenvalue weighted by molar-refractivity contribution is 0.128. The average Bonchev–Trinajstić information content (AvgIpc) is 2.73. The monoisotopic (exact) mass is 250 g/mol. The van der Waals surface area contributed by atoms with Crippen LogP contribution in [0.2, 0.25) is 0 Å². The van der Waals surface area contributed by atoms with Crippen molar-refractivity contribution in [2.75, 3.05) is 13.1 Å². The first-order chi connectivity index (χ1) is 8.63. The Bertz CT molecular complexity index is 385. The molecule has 0 radical (unpaired) electrons. The smallest absolute Gasteiger partial charge is 0.0625 e. The minimum atomic E-state index is 0.604. The summed E-state index contributed by atoms with van der Waals surface area (Å²) in [5.41, 5.74) is 2.53. The van der Waals surface area contributed by atoms with Crippen molar-refractivity contribution in [3.8, 4) is 0 Å². The fraction of sp³-hybridized carbons (Fsp3) is 0.786. The van der Waals surface area contributed by atoms with E-state index in [2.05, 4.69) is 49.2 Å². The summed E-state index contributed by atoms with van der Waals surface area (Å²) in [6.07, 6.45) is 2.22. The highest BCUT2D eigenvalue weighted by Crippen LogP contribution is 2.14. The van der Waals surface area contributed by atoms with Gasteiger partial charge in [0.25, 0.3) is 0 Å². The van der Waals surface area contributed by atoms with Gasteiger partial charge in [0.15, 0.2) is 0 Å². The Labute approximate surface area is 110 Å². The van der Waals surface area contributed by atoms with Crippen LogP contribution in [0.4, 0.5) is 0 Å². The van der Waals surface area contributed by atoms with Crippen LogP contribution in [-0.4, -0.2) is 39.9 Å². The first kappa shape index (κ1) is 13.6. The summed E-state index contributed by atoms with van der Waals surface area (Å²) in [7, 11) is 2.05. The first-order valence-electron chi connectivity index (χ1n) is 7.13. The second-order valence-electron chi connectivity index (χ2n) is 5.40. The molecule has 2 rings (SSSR count). The second kappa shape index (κ2) is 5.85. The van der Waals surface area contributed by atoms with Gasteiger partial charge in [0, 0.05) is 38.8 Å². The topological polar surface area (TPSA) is 33.1 Å². The number of nitrogens with one attached hydrogen (secondary N) is 1. The SMILES string of the molecule is CCc1cc(CN2CC(CC)NCC2C)n(C)n1. The van der Waals surface area contributed by atoms with Crippen molar-refractivity contribution in [2.45, 2.75) is 52.2 Å². The minimum absolute atomic E-state index is 0.604. The van der Waals surface area contributed by atoms with E-state index in [0.717, 1.165) is 26.1 Å². The van der Waals surface area contributed by atoms with Gasteiger partial charge in [-0.15, -0.1) is 0 Å². The third-order valence-corrected chi connectivity index (χ3v) is 4.03. The predicted octanol–water partition coefficient (Wildman–Crippen LogP) is 1.55. The Kier molecular flexibility index (Phi) is 4.40. The van der Waals surface area contributed by atoms with Crippen LogP contribution in [0.3, 0.4) is 0 Å². The summed E-state index contributed by atoms with van der Waals surface area (Å²) in [5.74, 6) is 0. The summed E-state index contributed by atoms with van der Waals surface area (Å²) < 4.78 is 2.04. The molecule has 0 aromatic carbocycles. The lowest BCUT2D eigenvalue weighted by atomic mass is 10.1. The number of nitrogens with zero attached hydrogens (tertiary/aromatic N) is 3. The third-order valence-electron chi connectivity index (χ3n) is 4.03. The lowest BCUT2D eigenvalue weighted by Crippen LogP contribution is -2.54. The van der Waals surface area contributed by atoms with Gasteiger partial charge in [0.1, 0.15) is 0 Å². The van der Waals surface area contributed by atoms with Crippen LogP contribution in [0.15, 0.2) is 6.07 Å². The van der Waals surface area contributed by atoms with Crippen LogP contribution in [0, 0.1) is 0 Å². The zero-order valence-corrected chi connectivity index (χ0v) is 12.1. The highest BCUT2D eigenvalue weighted by Gasteiger charge is 2.24. The van der Waals surface area contributed by atoms with Crippen molar-refractivity contribution in [1.29, 1.82) is 0 Å². The number of aromatic nitrogens is 2. The van der Waals surface area contributed by atoms with E-state index in [1.165, 1.54) is 17.8 Å². The van der Waals surface area contributed by atoms with Crippen molar-refractivity contribution in [2.24, 2.45) is 7.05 Å². The van der Waals surface area contributed by atoms with Crippen LogP contribution in [0.5, 0.6) is 0 Å². The van der Waals surface area contributed by atoms with Gasteiger partial charge in [-0.2, -0.15) is 5.10 Å². The van der Waals surface area contributed by atoms with E-state index in [4.69, 9.17) is 0 Å². The molecule has 2 atom stereocenters. The summed E-state index contributed by atoms with van der Waals surface area (Å²) in [4.78, 5) is 2.57. The number of rotatable bonds is 4. The molecule has 0 spiro atoms. The molecule has 1 aromatic rings. The Morgan fingerprint density at radius 3 is 2.83 bits per heavy atom. The molecule has 4 heteroatoms. The molecular weight excluding hydrogens is 224 g/mol. The predicted molar refractivity (Wildman–Crippen MR) is 74.5 cm³/mol. The molecule has 1 aliphatic rings. The fourth-order valence-electron chi connectivity index (χ4n) is 2.59. The van der Waals surface area contributed by atoms with E-state index in [1.54, 1.807) is 0 Å². The van der Waals surface area contributed by atoms with E-state index in [-0.39, 0.29) is 0 Å². The zero-order valence-electron chi connectivity index (χ0n) is 12.1. The third kappa shape index (κ3) is 2.93. The van der Waals surface area contributed by atoms with Gasteiger partial charge < -0.3 is 5.32 Å². The van der Waals surface area contributed by atoms with Crippen molar-refractivity contribution in [3.63, 3.8) is 0 Å². The quantitative estimate of drug-likeness (QED) is 0.880. The second-order valence-corrected chi connectivity index (χ2v) is 5.40. The molecule has 0 aliphatic carbocycles. The molecule has 0 saturated carbocycles. The van der Waals surface area contributed by atoms with Crippen molar-refractivity contribution in [3.05, 3.63) is 17.5 Å². The molecule has 102 valence electrons. The van der Waals surface area contributed by atoms with Gasteiger partial charge >= 0.3 is 0 Å². The minimum Gasteiger partial charge on any atom is -0.311 e. The van der Waals surface area contributed by atoms with Gasteiger partial charge in [0.2, 0.25) is 0 Å². The maximum atomic E-state index is 4.53. The Hall–Kier alpha value is -0.870. The maximum Gasteiger partial charge on any atom is 0.0625 e. The lowest BCUT2D eigenvalue weighted by Gasteiger charge is -2.38. The highest BCUT2D eigenvalue weighted by atomic mass is 15.3. The van der Waals surface area contributed by atoms with Gasteiger partial charge in [-0.3, -0.25) is 9.58 Å². The largest absolute Gasteiger partial charge is 0.311 e. The summed E-state index contributed by atoms with van der Waals surface area (Å²) in [5, 5.41) is 8.13. The Balaban J connectivity index is 2.04. The van der Waals surface area contributed by atoms with Gasteiger partial charge in [0.05, 0.1) is 11.4 Å². The van der Waals surface area contributed by atoms with E-state index in [9.17, 15) is 0 Å². The first-order valence-corrected chi connectivity index (χ1v) is 7.13. The molecule has 2 heterocycles. The summed E-state index contributed by atoms with van der Waals surface area (Å²) >= 11 is 0. The zero-order chi connectivity index (χ0) is 13.1. The van der Waals surface area contributed by atoms with Crippen LogP contribution in [-0.2, 0) is 20.0 Å². The molecule has 18 heavy (non-hydrogen) atoms. The Morgan fingerprint density at radius 2 is 2.22 bits per heavy atom. The van der Waals surface area contributed by atoms with Crippen LogP contribution in [0.1, 0.15) is 38.6 Å². The maximum absolute atomic E-state index is 4.53. The molecule has 1 saturated heterocycles. The molecule has 1 fully saturated rings. The molecule has 1 N–H and O–H groups in total. The molecule has 1 aliphatic heterocycles. The van der Waals surface area contributed by atoms with E-state index >= 15 is 0 Å². The standard InChI is InChI=1S/C14H26N4/c1-5-12-7-14(17(4)16-12)10-18-9-13(6-2)15-8-11(18)3/h7,11,13,15H,5-6,8-10H2,1-4H3. The van der Waals surface area contributed by atoms with Crippen molar-refractivity contribution >= 4 is 0 Å². The van der Waals surface area contributed by atoms with E-state index in [0.29, 0.717) is 12.1 Å². The summed E-state index contributed by atoms with van der Waals surface area (Å²) in [6, 6.07) is 3.49. The number of hydrogen-bond donors (Lipinski definition) is 1. The Morgan fingerprint density at radius 1 is 1.44 bits per heavy atom. The van der Waals surface area contributed by atoms with Crippen molar-refractivity contribution in [1.82, 2.24) is 20.0 Å². The summed E-state index contributed by atoms with van der Waals surface area (Å²) in [6.45, 7) is 9.97. The van der Waals surface area contributed by atoms with Crippen molar-refractivity contribution < 1.29 is 0 Å². The molecule has 0 bridgehead atoms. The highest BCUT2D eigenvalue weighted by molar-refractivity contribution is 5.10. The molecular formula is C14H26N4. The average molecular weight is 250 g/mol. The molecule has 2 unspecified atom stereocenters. The molecule has 4 nitrogen and oxygen atoms in total. The number of aryl methyl sites for hydroxylation is 2. The molecule has 0 amide bonds. The van der Waals surface area contributed by atoms with Gasteiger partial charge in [-0.1, -0.05) is 13.8 Å². The normalized spacial score (nSPS) is 25.6. The van der Waals surface area contributed by atoms with Gasteiger partial charge in [-0.25, -0.2) is 0 Å². The number of hydrogen-bond acceptors (Lipinski definition) is 3. The van der Waals surface area contributed by atoms with Crippen LogP contribution < -0.4 is 5.32 Å². The van der Waals surface area contributed by atoms with Gasteiger partial charge in [-0.05, 0) is 25.8 Å². The van der Waals surface area contributed by atoms with E-state index in [1.807, 2.05) is 4.68 Å². The van der Waals surface area contributed by atoms with Crippen LogP contribution >= 0.6 is 0 Å². The van der Waals surface area contributed by atoms with E-state index < -0.39 is 0 Å². The molecule has 1 aromatic heterocycles. The fourth-order valence-corrected chi connectivity index (χ4v) is 2.59.